The molecule has 0 saturated heterocycles. The van der Waals surface area contributed by atoms with Crippen LogP contribution in [0, 0.1) is 5.92 Å². The van der Waals surface area contributed by atoms with Crippen LogP contribution in [0.25, 0.3) is 0 Å². The summed E-state index contributed by atoms with van der Waals surface area (Å²) in [6.45, 7) is 2.52. The third-order valence-corrected chi connectivity index (χ3v) is 5.09. The topological polar surface area (TPSA) is 234 Å². The van der Waals surface area contributed by atoms with Crippen LogP contribution < -0.4 is 27.4 Å². The molecule has 0 heterocycles. The Morgan fingerprint density at radius 1 is 0.914 bits per heavy atom. The number of phenolic OH excluding ortho intramolecular Hbond substituents is 1. The van der Waals surface area contributed by atoms with Crippen LogP contribution in [0.4, 0.5) is 0 Å². The highest BCUT2D eigenvalue weighted by Gasteiger charge is 2.31. The molecule has 4 unspecified atom stereocenters. The van der Waals surface area contributed by atoms with Crippen LogP contribution in [-0.4, -0.2) is 75.7 Å². The van der Waals surface area contributed by atoms with Crippen LogP contribution in [0.2, 0.25) is 0 Å². The van der Waals surface area contributed by atoms with E-state index in [4.69, 9.17) is 16.6 Å². The number of benzene rings is 1. The van der Waals surface area contributed by atoms with Gasteiger partial charge in [0, 0.05) is 12.8 Å². The van der Waals surface area contributed by atoms with E-state index < -0.39 is 66.3 Å². The molecule has 4 amide bonds. The number of carboxylic acids is 1. The normalized spacial score (nSPS) is 14.3. The Labute approximate surface area is 202 Å². The number of hydrogen-bond donors (Lipinski definition) is 8. The van der Waals surface area contributed by atoms with Gasteiger partial charge < -0.3 is 42.7 Å². The molecular formula is C22H33N5O8. The summed E-state index contributed by atoms with van der Waals surface area (Å²) in [7, 11) is 0. The summed E-state index contributed by atoms with van der Waals surface area (Å²) in [4.78, 5) is 60.8. The summed E-state index contributed by atoms with van der Waals surface area (Å²) in [5.41, 5.74) is 11.2. The zero-order valence-corrected chi connectivity index (χ0v) is 19.6. The van der Waals surface area contributed by atoms with Gasteiger partial charge in [0.25, 0.3) is 0 Å². The van der Waals surface area contributed by atoms with Gasteiger partial charge in [-0.2, -0.15) is 0 Å². The number of primary amides is 1. The number of aliphatic carboxylic acids is 1. The predicted molar refractivity (Wildman–Crippen MR) is 124 cm³/mol. The van der Waals surface area contributed by atoms with Crippen molar-refractivity contribution in [3.63, 3.8) is 0 Å². The molecule has 0 fully saturated rings. The van der Waals surface area contributed by atoms with Crippen molar-refractivity contribution in [2.45, 2.75) is 57.3 Å². The fourth-order valence-corrected chi connectivity index (χ4v) is 3.03. The molecule has 0 aliphatic carbocycles. The van der Waals surface area contributed by atoms with Crippen LogP contribution >= 0.6 is 0 Å². The Balaban J connectivity index is 3.17. The van der Waals surface area contributed by atoms with E-state index in [0.717, 1.165) is 0 Å². The maximum absolute atomic E-state index is 13.0. The van der Waals surface area contributed by atoms with E-state index >= 15 is 0 Å². The van der Waals surface area contributed by atoms with Crippen molar-refractivity contribution in [2.75, 3.05) is 6.61 Å². The van der Waals surface area contributed by atoms with Crippen molar-refractivity contribution >= 4 is 29.6 Å². The number of carboxylic acid groups (broad SMARTS) is 1. The zero-order chi connectivity index (χ0) is 26.7. The second-order valence-electron chi connectivity index (χ2n) is 8.36. The molecule has 0 aliphatic heterocycles. The number of aliphatic hydroxyl groups is 1. The summed E-state index contributed by atoms with van der Waals surface area (Å²) < 4.78 is 0. The molecule has 13 nitrogen and oxygen atoms in total. The molecule has 0 spiro atoms. The fourth-order valence-electron chi connectivity index (χ4n) is 3.03. The van der Waals surface area contributed by atoms with Crippen molar-refractivity contribution in [3.8, 4) is 5.75 Å². The number of phenols is 1. The van der Waals surface area contributed by atoms with Gasteiger partial charge in [-0.05, 0) is 30.0 Å². The lowest BCUT2D eigenvalue weighted by Gasteiger charge is -2.26. The highest BCUT2D eigenvalue weighted by molar-refractivity contribution is 5.94. The van der Waals surface area contributed by atoms with Gasteiger partial charge in [-0.1, -0.05) is 26.0 Å². The second kappa shape index (κ2) is 13.9. The second-order valence-corrected chi connectivity index (χ2v) is 8.36. The summed E-state index contributed by atoms with van der Waals surface area (Å²) in [5.74, 6) is -4.96. The van der Waals surface area contributed by atoms with Crippen molar-refractivity contribution < 1.29 is 39.3 Å². The summed E-state index contributed by atoms with van der Waals surface area (Å²) in [5, 5.41) is 35.1. The number of nitrogens with one attached hydrogen (secondary N) is 3. The van der Waals surface area contributed by atoms with E-state index in [2.05, 4.69) is 16.0 Å². The molecule has 0 radical (unpaired) electrons. The zero-order valence-electron chi connectivity index (χ0n) is 19.6. The summed E-state index contributed by atoms with van der Waals surface area (Å²) in [6.07, 6.45) is -0.548. The molecule has 1 aromatic rings. The van der Waals surface area contributed by atoms with Gasteiger partial charge in [0.1, 0.15) is 29.9 Å². The monoisotopic (exact) mass is 495 g/mol. The lowest BCUT2D eigenvalue weighted by molar-refractivity contribution is -0.143. The number of carbonyl (C=O) groups excluding carboxylic acids is 4. The van der Waals surface area contributed by atoms with E-state index in [9.17, 15) is 34.2 Å². The quantitative estimate of drug-likeness (QED) is 0.138. The first-order chi connectivity index (χ1) is 16.3. The lowest BCUT2D eigenvalue weighted by Crippen LogP contribution is -2.58. The highest BCUT2D eigenvalue weighted by atomic mass is 16.4. The average Bonchev–Trinajstić information content (AvgIpc) is 2.79. The molecule has 13 heteroatoms. The van der Waals surface area contributed by atoms with Crippen LogP contribution in [-0.2, 0) is 30.4 Å². The van der Waals surface area contributed by atoms with E-state index in [0.29, 0.717) is 5.56 Å². The minimum absolute atomic E-state index is 0.0148. The minimum atomic E-state index is -1.32. The first kappa shape index (κ1) is 29.3. The lowest BCUT2D eigenvalue weighted by atomic mass is 10.0. The van der Waals surface area contributed by atoms with Gasteiger partial charge in [-0.15, -0.1) is 0 Å². The molecule has 1 aromatic carbocycles. The Bertz CT molecular complexity index is 906. The largest absolute Gasteiger partial charge is 0.508 e. The molecule has 35 heavy (non-hydrogen) atoms. The van der Waals surface area contributed by atoms with Crippen molar-refractivity contribution in [2.24, 2.45) is 17.4 Å². The molecule has 10 N–H and O–H groups in total. The molecular weight excluding hydrogens is 462 g/mol. The van der Waals surface area contributed by atoms with E-state index in [1.165, 1.54) is 24.3 Å². The first-order valence-corrected chi connectivity index (χ1v) is 10.9. The summed E-state index contributed by atoms with van der Waals surface area (Å²) >= 11 is 0. The van der Waals surface area contributed by atoms with Crippen LogP contribution in [0.15, 0.2) is 24.3 Å². The van der Waals surface area contributed by atoms with Gasteiger partial charge in [0.05, 0.1) is 6.61 Å². The highest BCUT2D eigenvalue weighted by Crippen LogP contribution is 2.12. The molecule has 0 aromatic heterocycles. The van der Waals surface area contributed by atoms with Gasteiger partial charge in [0.2, 0.25) is 23.6 Å². The smallest absolute Gasteiger partial charge is 0.326 e. The number of amides is 4. The molecule has 0 saturated carbocycles. The standard InChI is InChI=1S/C22H33N5O8/c1-11(2)18(22(34)35)27-21(33)16(9-12-3-5-13(29)6-4-12)26-20(32)15(7-8-17(24)30)25-19(31)14(23)10-28/h3-6,11,14-16,18,28-29H,7-10,23H2,1-2H3,(H2,24,30)(H,25,31)(H,26,32)(H,27,33)(H,34,35). The number of aliphatic hydroxyl groups excluding tert-OH is 1. The average molecular weight is 496 g/mol. The SMILES string of the molecule is CC(C)C(NC(=O)C(Cc1ccc(O)cc1)NC(=O)C(CCC(N)=O)NC(=O)C(N)CO)C(=O)O. The number of aromatic hydroxyl groups is 1. The molecule has 1 rings (SSSR count). The number of nitrogens with two attached hydrogens (primary N) is 2. The Kier molecular flexibility index (Phi) is 11.6. The first-order valence-electron chi connectivity index (χ1n) is 10.9. The van der Waals surface area contributed by atoms with Gasteiger partial charge in [-0.25, -0.2) is 4.79 Å². The maximum Gasteiger partial charge on any atom is 0.326 e. The third kappa shape index (κ3) is 9.98. The molecule has 194 valence electrons. The Hall–Kier alpha value is -3.71. The van der Waals surface area contributed by atoms with Crippen molar-refractivity contribution in [1.82, 2.24) is 16.0 Å². The van der Waals surface area contributed by atoms with Crippen LogP contribution in [0.5, 0.6) is 5.75 Å². The minimum Gasteiger partial charge on any atom is -0.508 e. The van der Waals surface area contributed by atoms with Crippen LogP contribution in [0.3, 0.4) is 0 Å². The van der Waals surface area contributed by atoms with Gasteiger partial charge >= 0.3 is 5.97 Å². The third-order valence-electron chi connectivity index (χ3n) is 5.09. The Morgan fingerprint density at radius 2 is 1.46 bits per heavy atom. The van der Waals surface area contributed by atoms with Crippen molar-refractivity contribution in [1.29, 1.82) is 0 Å². The van der Waals surface area contributed by atoms with Crippen LogP contribution in [0.1, 0.15) is 32.3 Å². The van der Waals surface area contributed by atoms with E-state index in [1.54, 1.807) is 13.8 Å². The predicted octanol–water partition coefficient (Wildman–Crippen LogP) is -2.29. The van der Waals surface area contributed by atoms with E-state index in [-0.39, 0.29) is 25.0 Å². The number of rotatable bonds is 14. The number of carbonyl (C=O) groups is 5. The van der Waals surface area contributed by atoms with Gasteiger partial charge in [-0.3, -0.25) is 19.2 Å². The van der Waals surface area contributed by atoms with Gasteiger partial charge in [0.15, 0.2) is 0 Å². The molecule has 4 atom stereocenters. The van der Waals surface area contributed by atoms with Crippen molar-refractivity contribution in [3.05, 3.63) is 29.8 Å². The fraction of sp³-hybridized carbons (Fsp3) is 0.500. The number of hydrogen-bond acceptors (Lipinski definition) is 8. The maximum atomic E-state index is 13.0. The van der Waals surface area contributed by atoms with E-state index in [1.807, 2.05) is 0 Å². The Morgan fingerprint density at radius 3 is 1.94 bits per heavy atom. The summed E-state index contributed by atoms with van der Waals surface area (Å²) in [6, 6.07) is 0.665. The molecule has 0 aliphatic rings. The molecule has 0 bridgehead atoms.